The summed E-state index contributed by atoms with van der Waals surface area (Å²) in [4.78, 5) is 14.1. The van der Waals surface area contributed by atoms with E-state index < -0.39 is 0 Å². The fraction of sp³-hybridized carbons (Fsp3) is 0.333. The Morgan fingerprint density at radius 3 is 2.28 bits per heavy atom. The second-order valence-electron chi connectivity index (χ2n) is 3.11. The second-order valence-corrected chi connectivity index (χ2v) is 3.11. The summed E-state index contributed by atoms with van der Waals surface area (Å²) < 4.78 is 0. The average Bonchev–Trinajstić information content (AvgIpc) is 2.44. The third-order valence-corrected chi connectivity index (χ3v) is 2.29. The van der Waals surface area contributed by atoms with Crippen molar-refractivity contribution in [3.63, 3.8) is 0 Å². The van der Waals surface area contributed by atoms with Crippen LogP contribution in [0.25, 0.3) is 10.9 Å². The van der Waals surface area contributed by atoms with E-state index in [-0.39, 0.29) is 12.5 Å². The fourth-order valence-corrected chi connectivity index (χ4v) is 1.54. The first-order valence-corrected chi connectivity index (χ1v) is 6.26. The van der Waals surface area contributed by atoms with Crippen LogP contribution in [0.2, 0.25) is 0 Å². The van der Waals surface area contributed by atoms with Gasteiger partial charge >= 0.3 is 0 Å². The minimum atomic E-state index is -0.316. The topological polar surface area (TPSA) is 56.6 Å². The molecule has 0 aliphatic heterocycles. The number of aryl methyl sites for hydroxylation is 1. The van der Waals surface area contributed by atoms with Crippen LogP contribution < -0.4 is 5.56 Å². The van der Waals surface area contributed by atoms with Gasteiger partial charge in [0.2, 0.25) is 0 Å². The molecule has 0 amide bonds. The summed E-state index contributed by atoms with van der Waals surface area (Å²) in [5, 5.41) is 9.71. The number of aromatic amines is 1. The summed E-state index contributed by atoms with van der Waals surface area (Å²) in [6.45, 7) is 9.79. The van der Waals surface area contributed by atoms with Crippen LogP contribution in [0.5, 0.6) is 0 Å². The molecule has 1 aromatic carbocycles. The molecule has 0 atom stereocenters. The molecule has 0 spiro atoms. The van der Waals surface area contributed by atoms with E-state index in [0.29, 0.717) is 0 Å². The van der Waals surface area contributed by atoms with Gasteiger partial charge in [0.15, 0.2) is 0 Å². The lowest BCUT2D eigenvalue weighted by Crippen LogP contribution is -2.11. The molecule has 1 heterocycles. The summed E-state index contributed by atoms with van der Waals surface area (Å²) >= 11 is 0. The molecule has 0 aliphatic carbocycles. The summed E-state index contributed by atoms with van der Waals surface area (Å²) in [6, 6.07) is 9.36. The molecule has 0 aliphatic rings. The van der Waals surface area contributed by atoms with Crippen molar-refractivity contribution in [3.05, 3.63) is 45.7 Å². The predicted octanol–water partition coefficient (Wildman–Crippen LogP) is 4.01. The van der Waals surface area contributed by atoms with Gasteiger partial charge in [0.1, 0.15) is 11.6 Å². The smallest absolute Gasteiger partial charge is 0.266 e. The van der Waals surface area contributed by atoms with Crippen molar-refractivity contribution >= 4 is 10.9 Å². The number of hydrogen-bond acceptors (Lipinski definition) is 2. The van der Waals surface area contributed by atoms with Gasteiger partial charge < -0.3 is 4.98 Å². The van der Waals surface area contributed by atoms with Gasteiger partial charge in [0.05, 0.1) is 0 Å². The number of H-pyrrole nitrogens is 1. The first kappa shape index (κ1) is 15.9. The third-order valence-electron chi connectivity index (χ3n) is 2.29. The van der Waals surface area contributed by atoms with Crippen molar-refractivity contribution in [2.24, 2.45) is 0 Å². The van der Waals surface area contributed by atoms with Crippen molar-refractivity contribution in [2.45, 2.75) is 34.6 Å². The molecule has 0 saturated carbocycles. The summed E-state index contributed by atoms with van der Waals surface area (Å²) in [5.41, 5.74) is 1.40. The van der Waals surface area contributed by atoms with Crippen LogP contribution in [-0.4, -0.2) is 4.98 Å². The van der Waals surface area contributed by atoms with Crippen molar-refractivity contribution in [2.75, 3.05) is 0 Å². The first-order valence-electron chi connectivity index (χ1n) is 6.26. The number of nitriles is 1. The Morgan fingerprint density at radius 2 is 1.72 bits per heavy atom. The molecule has 0 unspecified atom stereocenters. The Balaban J connectivity index is 0. The van der Waals surface area contributed by atoms with Gasteiger partial charge in [-0.1, -0.05) is 45.9 Å². The first-order chi connectivity index (χ1) is 8.74. The maximum absolute atomic E-state index is 11.4. The van der Waals surface area contributed by atoms with Gasteiger partial charge in [0.25, 0.3) is 5.56 Å². The van der Waals surface area contributed by atoms with Crippen molar-refractivity contribution in [3.8, 4) is 6.07 Å². The van der Waals surface area contributed by atoms with Crippen LogP contribution in [0.3, 0.4) is 0 Å². The summed E-state index contributed by atoms with van der Waals surface area (Å²) in [5.74, 6) is 0. The van der Waals surface area contributed by atoms with Crippen molar-refractivity contribution in [1.29, 1.82) is 5.26 Å². The number of rotatable bonds is 0. The Morgan fingerprint density at radius 1 is 1.17 bits per heavy atom. The molecular formula is C15H22N2O. The van der Waals surface area contributed by atoms with Gasteiger partial charge in [-0.05, 0) is 18.6 Å². The molecule has 3 nitrogen and oxygen atoms in total. The van der Waals surface area contributed by atoms with Gasteiger partial charge in [-0.2, -0.15) is 5.26 Å². The van der Waals surface area contributed by atoms with Gasteiger partial charge in [0, 0.05) is 12.3 Å². The van der Waals surface area contributed by atoms with Gasteiger partial charge in [-0.15, -0.1) is 0 Å². The standard InChI is InChI=1S/C11H8N2O.2C2H6.H2/c1-7-8-4-2-3-5-10(8)13-11(14)9(7)6-12;2*1-2;/h2-5H,1H3,(H,13,14);2*1-2H3;1H. The Kier molecular flexibility index (Phi) is 7.14. The molecule has 2 aromatic rings. The van der Waals surface area contributed by atoms with E-state index in [2.05, 4.69) is 4.98 Å². The Bertz CT molecular complexity index is 597. The number of para-hydroxylation sites is 1. The van der Waals surface area contributed by atoms with Crippen LogP contribution in [0.4, 0.5) is 0 Å². The molecule has 0 bridgehead atoms. The molecule has 0 radical (unpaired) electrons. The van der Waals surface area contributed by atoms with Crippen molar-refractivity contribution < 1.29 is 1.43 Å². The quantitative estimate of drug-likeness (QED) is 0.763. The maximum atomic E-state index is 11.4. The molecule has 3 heteroatoms. The molecule has 2 rings (SSSR count). The van der Waals surface area contributed by atoms with E-state index >= 15 is 0 Å². The molecule has 1 N–H and O–H groups in total. The highest BCUT2D eigenvalue weighted by molar-refractivity contribution is 5.83. The lowest BCUT2D eigenvalue weighted by atomic mass is 10.1. The predicted molar refractivity (Wildman–Crippen MR) is 78.8 cm³/mol. The lowest BCUT2D eigenvalue weighted by molar-refractivity contribution is 1.24. The molecule has 1 aromatic heterocycles. The van der Waals surface area contributed by atoms with E-state index in [0.717, 1.165) is 16.5 Å². The van der Waals surface area contributed by atoms with Gasteiger partial charge in [-0.25, -0.2) is 0 Å². The summed E-state index contributed by atoms with van der Waals surface area (Å²) in [6.07, 6.45) is 0. The molecule has 18 heavy (non-hydrogen) atoms. The number of nitrogens with one attached hydrogen (secondary N) is 1. The van der Waals surface area contributed by atoms with Crippen LogP contribution in [0.15, 0.2) is 29.1 Å². The largest absolute Gasteiger partial charge is 0.321 e. The highest BCUT2D eigenvalue weighted by Crippen LogP contribution is 2.15. The number of nitrogens with zero attached hydrogens (tertiary/aromatic N) is 1. The monoisotopic (exact) mass is 246 g/mol. The highest BCUT2D eigenvalue weighted by Gasteiger charge is 2.06. The van der Waals surface area contributed by atoms with E-state index in [9.17, 15) is 4.79 Å². The fourth-order valence-electron chi connectivity index (χ4n) is 1.54. The number of pyridine rings is 1. The molecule has 0 fully saturated rings. The normalized spacial score (nSPS) is 8.44. The molecule has 0 saturated heterocycles. The van der Waals surface area contributed by atoms with Gasteiger partial charge in [-0.3, -0.25) is 4.79 Å². The summed E-state index contributed by atoms with van der Waals surface area (Å²) in [7, 11) is 0. The Hall–Kier alpha value is -2.08. The van der Waals surface area contributed by atoms with E-state index in [1.54, 1.807) is 6.92 Å². The Labute approximate surface area is 110 Å². The molecule has 98 valence electrons. The zero-order chi connectivity index (χ0) is 14.1. The van der Waals surface area contributed by atoms with Crippen LogP contribution in [0.1, 0.15) is 40.2 Å². The lowest BCUT2D eigenvalue weighted by Gasteiger charge is -2.02. The third kappa shape index (κ3) is 3.21. The highest BCUT2D eigenvalue weighted by atomic mass is 16.1. The average molecular weight is 246 g/mol. The zero-order valence-electron chi connectivity index (χ0n) is 11.7. The minimum absolute atomic E-state index is 0. The van der Waals surface area contributed by atoms with E-state index in [4.69, 9.17) is 5.26 Å². The zero-order valence-corrected chi connectivity index (χ0v) is 11.7. The second kappa shape index (κ2) is 8.08. The maximum Gasteiger partial charge on any atom is 0.266 e. The SMILES string of the molecule is CC.CC.Cc1c(C#N)c(=O)[nH]c2ccccc12.[HH]. The number of aromatic nitrogens is 1. The number of hydrogen-bond donors (Lipinski definition) is 1. The number of fused-ring (bicyclic) bond motifs is 1. The van der Waals surface area contributed by atoms with Crippen LogP contribution >= 0.6 is 0 Å². The van der Waals surface area contributed by atoms with E-state index in [1.807, 2.05) is 58.0 Å². The minimum Gasteiger partial charge on any atom is -0.321 e. The van der Waals surface area contributed by atoms with E-state index in [1.165, 1.54) is 0 Å². The number of benzene rings is 1. The molecular weight excluding hydrogens is 224 g/mol. The van der Waals surface area contributed by atoms with Crippen LogP contribution in [-0.2, 0) is 0 Å². The van der Waals surface area contributed by atoms with Crippen molar-refractivity contribution in [1.82, 2.24) is 4.98 Å². The van der Waals surface area contributed by atoms with Crippen LogP contribution in [0, 0.1) is 18.3 Å².